The minimum atomic E-state index is -0.586. The first-order chi connectivity index (χ1) is 14.6. The minimum Gasteiger partial charge on any atom is -0.469 e. The Morgan fingerprint density at radius 2 is 1.83 bits per heavy atom. The smallest absolute Gasteiger partial charge is 0.338 e. The summed E-state index contributed by atoms with van der Waals surface area (Å²) in [5.74, 6) is -1.35. The molecule has 1 heterocycles. The van der Waals surface area contributed by atoms with Crippen molar-refractivity contribution in [1.82, 2.24) is 20.3 Å². The Bertz CT molecular complexity index is 1030. The first-order valence-electron chi connectivity index (χ1n) is 9.44. The number of fused-ring (bicyclic) bond motifs is 1. The zero-order valence-corrected chi connectivity index (χ0v) is 16.5. The summed E-state index contributed by atoms with van der Waals surface area (Å²) < 4.78 is 11.3. The number of benzene rings is 2. The van der Waals surface area contributed by atoms with Crippen LogP contribution in [0, 0.1) is 0 Å². The number of amides is 1. The van der Waals surface area contributed by atoms with Crippen molar-refractivity contribution in [2.45, 2.75) is 19.4 Å². The molecule has 0 fully saturated rings. The molecule has 3 aromatic rings. The van der Waals surface area contributed by atoms with Crippen molar-refractivity contribution in [2.75, 3.05) is 20.3 Å². The van der Waals surface area contributed by atoms with Gasteiger partial charge in [0.1, 0.15) is 5.52 Å². The van der Waals surface area contributed by atoms with Gasteiger partial charge in [0.25, 0.3) is 5.91 Å². The molecule has 0 aliphatic rings. The second-order valence-electron chi connectivity index (χ2n) is 6.54. The minimum absolute atomic E-state index is 0.216. The van der Waals surface area contributed by atoms with Crippen LogP contribution < -0.4 is 5.32 Å². The van der Waals surface area contributed by atoms with Crippen LogP contribution in [0.4, 0.5) is 0 Å². The van der Waals surface area contributed by atoms with E-state index in [0.29, 0.717) is 25.1 Å². The number of nitrogens with one attached hydrogen (secondary N) is 1. The van der Waals surface area contributed by atoms with E-state index in [1.807, 2.05) is 24.3 Å². The van der Waals surface area contributed by atoms with Crippen molar-refractivity contribution in [1.29, 1.82) is 0 Å². The number of carbonyl (C=O) groups is 3. The first-order valence-corrected chi connectivity index (χ1v) is 9.44. The summed E-state index contributed by atoms with van der Waals surface area (Å²) in [5.41, 5.74) is 3.05. The molecule has 0 bridgehead atoms. The summed E-state index contributed by atoms with van der Waals surface area (Å²) in [7, 11) is 1.31. The topological polar surface area (TPSA) is 112 Å². The average Bonchev–Trinajstić information content (AvgIpc) is 3.18. The van der Waals surface area contributed by atoms with Gasteiger partial charge in [-0.3, -0.25) is 9.59 Å². The Balaban J connectivity index is 1.45. The lowest BCUT2D eigenvalue weighted by Crippen LogP contribution is -2.29. The van der Waals surface area contributed by atoms with Crippen LogP contribution in [0.2, 0.25) is 0 Å². The number of nitrogens with zero attached hydrogens (tertiary/aromatic N) is 3. The average molecular weight is 410 g/mol. The molecule has 1 aromatic heterocycles. The third-order valence-electron chi connectivity index (χ3n) is 4.38. The summed E-state index contributed by atoms with van der Waals surface area (Å²) in [4.78, 5) is 34.8. The van der Waals surface area contributed by atoms with Crippen molar-refractivity contribution in [3.05, 3.63) is 59.7 Å². The molecular formula is C21H22N4O5. The van der Waals surface area contributed by atoms with Gasteiger partial charge in [-0.05, 0) is 36.2 Å². The molecule has 3 rings (SSSR count). The lowest BCUT2D eigenvalue weighted by molar-refractivity contribution is -0.140. The van der Waals surface area contributed by atoms with E-state index >= 15 is 0 Å². The number of carbonyl (C=O) groups excluding carboxylic acids is 3. The van der Waals surface area contributed by atoms with Gasteiger partial charge in [-0.2, -0.15) is 0 Å². The molecule has 0 saturated heterocycles. The maximum atomic E-state index is 12.1. The van der Waals surface area contributed by atoms with Gasteiger partial charge >= 0.3 is 11.9 Å². The molecule has 0 aliphatic carbocycles. The lowest BCUT2D eigenvalue weighted by atomic mass is 10.1. The third kappa shape index (κ3) is 5.63. The first kappa shape index (κ1) is 21.0. The Kier molecular flexibility index (Phi) is 7.09. The highest BCUT2D eigenvalue weighted by molar-refractivity contribution is 5.91. The van der Waals surface area contributed by atoms with Crippen molar-refractivity contribution < 1.29 is 23.9 Å². The number of rotatable bonds is 9. The zero-order valence-electron chi connectivity index (χ0n) is 16.5. The second-order valence-corrected chi connectivity index (χ2v) is 6.54. The summed E-state index contributed by atoms with van der Waals surface area (Å²) in [6.45, 7) is 0.435. The molecule has 0 aliphatic heterocycles. The van der Waals surface area contributed by atoms with Gasteiger partial charge in [-0.25, -0.2) is 9.48 Å². The van der Waals surface area contributed by atoms with Crippen LogP contribution in [0.3, 0.4) is 0 Å². The van der Waals surface area contributed by atoms with Crippen LogP contribution in [0.5, 0.6) is 0 Å². The maximum Gasteiger partial charge on any atom is 0.338 e. The number of methoxy groups -OCH3 is 1. The Hall–Kier alpha value is -3.75. The molecule has 1 amide bonds. The van der Waals surface area contributed by atoms with Gasteiger partial charge in [-0.15, -0.1) is 5.10 Å². The Morgan fingerprint density at radius 3 is 2.60 bits per heavy atom. The molecule has 1 N–H and O–H groups in total. The summed E-state index contributed by atoms with van der Waals surface area (Å²) in [6.07, 6.45) is 0.669. The Morgan fingerprint density at radius 1 is 1.07 bits per heavy atom. The molecule has 9 heteroatoms. The van der Waals surface area contributed by atoms with E-state index in [-0.39, 0.29) is 19.0 Å². The fraction of sp³-hybridized carbons (Fsp3) is 0.286. The van der Waals surface area contributed by atoms with Crippen LogP contribution in [-0.4, -0.2) is 53.1 Å². The van der Waals surface area contributed by atoms with Crippen LogP contribution in [0.15, 0.2) is 48.5 Å². The molecule has 30 heavy (non-hydrogen) atoms. The molecule has 0 spiro atoms. The normalized spacial score (nSPS) is 10.6. The van der Waals surface area contributed by atoms with E-state index in [9.17, 15) is 14.4 Å². The number of aromatic nitrogens is 3. The number of para-hydroxylation sites is 1. The molecule has 0 saturated carbocycles. The summed E-state index contributed by atoms with van der Waals surface area (Å²) in [5, 5.41) is 10.8. The maximum absolute atomic E-state index is 12.1. The Labute approximate surface area is 173 Å². The molecule has 156 valence electrons. The van der Waals surface area contributed by atoms with Gasteiger partial charge in [0.15, 0.2) is 6.61 Å². The molecule has 9 nitrogen and oxygen atoms in total. The number of hydrogen-bond donors (Lipinski definition) is 1. The third-order valence-corrected chi connectivity index (χ3v) is 4.38. The van der Waals surface area contributed by atoms with Gasteiger partial charge in [-0.1, -0.05) is 29.5 Å². The fourth-order valence-corrected chi connectivity index (χ4v) is 2.78. The largest absolute Gasteiger partial charge is 0.469 e. The van der Waals surface area contributed by atoms with E-state index in [1.54, 1.807) is 28.9 Å². The van der Waals surface area contributed by atoms with Gasteiger partial charge in [0.2, 0.25) is 0 Å². The van der Waals surface area contributed by atoms with Crippen molar-refractivity contribution in [3.8, 4) is 0 Å². The highest BCUT2D eigenvalue weighted by Crippen LogP contribution is 2.13. The van der Waals surface area contributed by atoms with Gasteiger partial charge in [0, 0.05) is 13.0 Å². The van der Waals surface area contributed by atoms with E-state index in [0.717, 1.165) is 16.6 Å². The highest BCUT2D eigenvalue weighted by Gasteiger charge is 2.11. The predicted molar refractivity (Wildman–Crippen MR) is 108 cm³/mol. The molecule has 2 aromatic carbocycles. The summed E-state index contributed by atoms with van der Waals surface area (Å²) in [6, 6.07) is 14.6. The number of hydrogen-bond acceptors (Lipinski definition) is 7. The van der Waals surface area contributed by atoms with Crippen LogP contribution in [0.25, 0.3) is 11.0 Å². The lowest BCUT2D eigenvalue weighted by Gasteiger charge is -2.07. The SMILES string of the molecule is COC(=O)CCCNC(=O)COC(=O)c1ccc(Cn2nnc3ccccc32)cc1. The van der Waals surface area contributed by atoms with Crippen molar-refractivity contribution >= 4 is 28.9 Å². The van der Waals surface area contributed by atoms with Crippen LogP contribution in [-0.2, 0) is 25.6 Å². The number of ether oxygens (including phenoxy) is 2. The van der Waals surface area contributed by atoms with Crippen LogP contribution in [0.1, 0.15) is 28.8 Å². The zero-order chi connectivity index (χ0) is 21.3. The second kappa shape index (κ2) is 10.1. The summed E-state index contributed by atoms with van der Waals surface area (Å²) >= 11 is 0. The standard InChI is InChI=1S/C21H22N4O5/c1-29-20(27)7-4-12-22-19(26)14-30-21(28)16-10-8-15(9-11-16)13-25-18-6-3-2-5-17(18)23-24-25/h2-3,5-6,8-11H,4,7,12-14H2,1H3,(H,22,26). The molecule has 0 unspecified atom stereocenters. The van der Waals surface area contributed by atoms with E-state index in [1.165, 1.54) is 7.11 Å². The van der Waals surface area contributed by atoms with Crippen molar-refractivity contribution in [3.63, 3.8) is 0 Å². The van der Waals surface area contributed by atoms with E-state index in [4.69, 9.17) is 4.74 Å². The number of esters is 2. The predicted octanol–water partition coefficient (Wildman–Crippen LogP) is 1.71. The molecule has 0 atom stereocenters. The van der Waals surface area contributed by atoms with E-state index in [2.05, 4.69) is 20.4 Å². The van der Waals surface area contributed by atoms with Crippen LogP contribution >= 0.6 is 0 Å². The monoisotopic (exact) mass is 410 g/mol. The molecular weight excluding hydrogens is 388 g/mol. The quantitative estimate of drug-likeness (QED) is 0.422. The fourth-order valence-electron chi connectivity index (χ4n) is 2.78. The van der Waals surface area contributed by atoms with Gasteiger partial charge < -0.3 is 14.8 Å². The highest BCUT2D eigenvalue weighted by atomic mass is 16.5. The van der Waals surface area contributed by atoms with E-state index < -0.39 is 11.9 Å². The molecule has 0 radical (unpaired) electrons. The van der Waals surface area contributed by atoms with Crippen molar-refractivity contribution in [2.24, 2.45) is 0 Å². The van der Waals surface area contributed by atoms with Gasteiger partial charge in [0.05, 0.1) is 24.7 Å².